The molecule has 0 amide bonds. The van der Waals surface area contributed by atoms with Crippen LogP contribution in [0, 0.1) is 18.3 Å². The van der Waals surface area contributed by atoms with Gasteiger partial charge in [-0.15, -0.1) is 6.42 Å². The molecule has 0 bridgehead atoms. The van der Waals surface area contributed by atoms with Crippen molar-refractivity contribution in [3.63, 3.8) is 0 Å². The highest BCUT2D eigenvalue weighted by Crippen LogP contribution is 2.33. The van der Waals surface area contributed by atoms with Crippen molar-refractivity contribution >= 4 is 0 Å². The molecule has 0 saturated carbocycles. The van der Waals surface area contributed by atoms with E-state index in [1.807, 2.05) is 30.3 Å². The molecule has 1 unspecified atom stereocenters. The Bertz CT molecular complexity index is 474. The molecule has 0 spiro atoms. The standard InChI is InChI=1S/C17H23NO/c1-5-16(3,4)18-12-11-17(19,14(2)13-18)15-9-7-6-8-10-15/h1,6-10,14,19H,11-13H2,2-4H3/p+1/t14-,17-/m1/s1. The average molecular weight is 258 g/mol. The van der Waals surface area contributed by atoms with Gasteiger partial charge in [0.25, 0.3) is 0 Å². The predicted molar refractivity (Wildman–Crippen MR) is 77.7 cm³/mol. The summed E-state index contributed by atoms with van der Waals surface area (Å²) < 4.78 is 0. The lowest BCUT2D eigenvalue weighted by atomic mass is 9.76. The average Bonchev–Trinajstić information content (AvgIpc) is 2.42. The monoisotopic (exact) mass is 258 g/mol. The van der Waals surface area contributed by atoms with Crippen LogP contribution < -0.4 is 4.90 Å². The first kappa shape index (κ1) is 14.1. The van der Waals surface area contributed by atoms with Gasteiger partial charge in [0, 0.05) is 26.2 Å². The van der Waals surface area contributed by atoms with Gasteiger partial charge in [-0.05, 0) is 11.5 Å². The minimum Gasteiger partial charge on any atom is -0.384 e. The highest BCUT2D eigenvalue weighted by Gasteiger charge is 2.45. The van der Waals surface area contributed by atoms with Gasteiger partial charge in [-0.1, -0.05) is 37.3 Å². The van der Waals surface area contributed by atoms with Crippen LogP contribution >= 0.6 is 0 Å². The van der Waals surface area contributed by atoms with Gasteiger partial charge in [-0.2, -0.15) is 0 Å². The lowest BCUT2D eigenvalue weighted by Gasteiger charge is -2.45. The smallest absolute Gasteiger partial charge is 0.153 e. The van der Waals surface area contributed by atoms with Crippen molar-refractivity contribution in [2.24, 2.45) is 5.92 Å². The summed E-state index contributed by atoms with van der Waals surface area (Å²) in [6.07, 6.45) is 6.39. The summed E-state index contributed by atoms with van der Waals surface area (Å²) in [5, 5.41) is 11.0. The number of likely N-dealkylation sites (tertiary alicyclic amines) is 1. The third kappa shape index (κ3) is 2.54. The second kappa shape index (κ2) is 5.00. The third-order valence-electron chi connectivity index (χ3n) is 4.69. The molecule has 102 valence electrons. The number of piperidine rings is 1. The lowest BCUT2D eigenvalue weighted by molar-refractivity contribution is -0.950. The van der Waals surface area contributed by atoms with Crippen molar-refractivity contribution in [3.8, 4) is 12.3 Å². The van der Waals surface area contributed by atoms with Crippen LogP contribution in [-0.4, -0.2) is 23.7 Å². The highest BCUT2D eigenvalue weighted by molar-refractivity contribution is 5.23. The summed E-state index contributed by atoms with van der Waals surface area (Å²) in [5.41, 5.74) is 0.155. The minimum atomic E-state index is -0.713. The van der Waals surface area contributed by atoms with Crippen LogP contribution in [-0.2, 0) is 5.60 Å². The predicted octanol–water partition coefficient (Wildman–Crippen LogP) is 1.21. The van der Waals surface area contributed by atoms with Gasteiger partial charge >= 0.3 is 0 Å². The Balaban J connectivity index is 2.20. The molecule has 1 aliphatic heterocycles. The molecule has 1 aliphatic rings. The zero-order chi connectivity index (χ0) is 14.1. The van der Waals surface area contributed by atoms with E-state index in [1.54, 1.807) is 0 Å². The quantitative estimate of drug-likeness (QED) is 0.766. The van der Waals surface area contributed by atoms with Gasteiger partial charge in [0.2, 0.25) is 0 Å². The Hall–Kier alpha value is -1.30. The number of hydrogen-bond acceptors (Lipinski definition) is 1. The molecule has 0 aromatic heterocycles. The fourth-order valence-corrected chi connectivity index (χ4v) is 3.05. The SMILES string of the molecule is C#CC(C)(C)[NH+]1CC[C@](O)(c2ccccc2)[C@H](C)C1. The van der Waals surface area contributed by atoms with Crippen LogP contribution in [0.1, 0.15) is 32.8 Å². The van der Waals surface area contributed by atoms with Gasteiger partial charge < -0.3 is 10.0 Å². The zero-order valence-corrected chi connectivity index (χ0v) is 12.1. The molecule has 0 aliphatic carbocycles. The third-order valence-corrected chi connectivity index (χ3v) is 4.69. The second-order valence-electron chi connectivity index (χ2n) is 6.27. The number of benzene rings is 1. The van der Waals surface area contributed by atoms with E-state index in [-0.39, 0.29) is 11.5 Å². The van der Waals surface area contributed by atoms with Crippen molar-refractivity contribution in [1.82, 2.24) is 0 Å². The van der Waals surface area contributed by atoms with E-state index in [0.717, 1.165) is 25.1 Å². The summed E-state index contributed by atoms with van der Waals surface area (Å²) in [7, 11) is 0. The summed E-state index contributed by atoms with van der Waals surface area (Å²) in [4.78, 5) is 1.39. The van der Waals surface area contributed by atoms with Crippen LogP contribution in [0.3, 0.4) is 0 Å². The van der Waals surface area contributed by atoms with Crippen molar-refractivity contribution in [3.05, 3.63) is 35.9 Å². The number of aliphatic hydroxyl groups is 1. The van der Waals surface area contributed by atoms with E-state index in [1.165, 1.54) is 4.90 Å². The Labute approximate surface area is 116 Å². The van der Waals surface area contributed by atoms with Gasteiger partial charge in [-0.25, -0.2) is 0 Å². The van der Waals surface area contributed by atoms with Crippen molar-refractivity contribution in [1.29, 1.82) is 0 Å². The van der Waals surface area contributed by atoms with E-state index in [4.69, 9.17) is 6.42 Å². The number of rotatable bonds is 2. The molecular weight excluding hydrogens is 234 g/mol. The molecule has 1 fully saturated rings. The molecule has 2 nitrogen and oxygen atoms in total. The Kier molecular flexibility index (Phi) is 3.71. The van der Waals surface area contributed by atoms with Crippen LogP contribution in [0.4, 0.5) is 0 Å². The molecule has 2 N–H and O–H groups in total. The summed E-state index contributed by atoms with van der Waals surface area (Å²) >= 11 is 0. The Morgan fingerprint density at radius 1 is 1.37 bits per heavy atom. The lowest BCUT2D eigenvalue weighted by Crippen LogP contribution is -3.21. The van der Waals surface area contributed by atoms with E-state index < -0.39 is 5.60 Å². The van der Waals surface area contributed by atoms with Crippen molar-refractivity contribution in [2.75, 3.05) is 13.1 Å². The molecule has 1 saturated heterocycles. The van der Waals surface area contributed by atoms with E-state index in [0.29, 0.717) is 0 Å². The van der Waals surface area contributed by atoms with Gasteiger partial charge in [0.05, 0.1) is 13.1 Å². The molecule has 3 atom stereocenters. The summed E-state index contributed by atoms with van der Waals surface area (Å²) in [6.45, 7) is 8.14. The number of terminal acetylenes is 1. The van der Waals surface area contributed by atoms with Crippen molar-refractivity contribution in [2.45, 2.75) is 38.3 Å². The van der Waals surface area contributed by atoms with Gasteiger partial charge in [0.15, 0.2) is 5.54 Å². The van der Waals surface area contributed by atoms with E-state index in [2.05, 4.69) is 26.7 Å². The minimum absolute atomic E-state index is 0.160. The fourth-order valence-electron chi connectivity index (χ4n) is 3.05. The highest BCUT2D eigenvalue weighted by atomic mass is 16.3. The number of hydrogen-bond donors (Lipinski definition) is 2. The summed E-state index contributed by atoms with van der Waals surface area (Å²) in [5.74, 6) is 3.08. The molecule has 1 heterocycles. The van der Waals surface area contributed by atoms with Gasteiger partial charge in [-0.3, -0.25) is 0 Å². The molecular formula is C17H24NO+. The molecule has 1 aromatic carbocycles. The van der Waals surface area contributed by atoms with Crippen LogP contribution in [0.25, 0.3) is 0 Å². The fraction of sp³-hybridized carbons (Fsp3) is 0.529. The first-order valence-corrected chi connectivity index (χ1v) is 7.01. The molecule has 19 heavy (non-hydrogen) atoms. The maximum absolute atomic E-state index is 11.0. The maximum atomic E-state index is 11.0. The van der Waals surface area contributed by atoms with Gasteiger partial charge in [0.1, 0.15) is 5.60 Å². The molecule has 0 radical (unpaired) electrons. The molecule has 2 heteroatoms. The first-order chi connectivity index (χ1) is 8.90. The number of quaternary nitrogens is 1. The second-order valence-corrected chi connectivity index (χ2v) is 6.27. The van der Waals surface area contributed by atoms with Crippen molar-refractivity contribution < 1.29 is 10.0 Å². The normalized spacial score (nSPS) is 31.7. The largest absolute Gasteiger partial charge is 0.384 e. The van der Waals surface area contributed by atoms with Crippen LogP contribution in [0.2, 0.25) is 0 Å². The molecule has 1 aromatic rings. The van der Waals surface area contributed by atoms with E-state index in [9.17, 15) is 5.11 Å². The first-order valence-electron chi connectivity index (χ1n) is 7.01. The Morgan fingerprint density at radius 3 is 2.53 bits per heavy atom. The van der Waals surface area contributed by atoms with E-state index >= 15 is 0 Å². The zero-order valence-electron chi connectivity index (χ0n) is 12.1. The van der Waals surface area contributed by atoms with Crippen LogP contribution in [0.15, 0.2) is 30.3 Å². The maximum Gasteiger partial charge on any atom is 0.153 e. The van der Waals surface area contributed by atoms with Crippen LogP contribution in [0.5, 0.6) is 0 Å². The number of nitrogens with one attached hydrogen (secondary N) is 1. The topological polar surface area (TPSA) is 24.7 Å². The summed E-state index contributed by atoms with van der Waals surface area (Å²) in [6, 6.07) is 10.0. The Morgan fingerprint density at radius 2 is 2.00 bits per heavy atom. The molecule has 2 rings (SSSR count).